The van der Waals surface area contributed by atoms with Crippen molar-refractivity contribution < 1.29 is 23.1 Å². The molecule has 0 saturated heterocycles. The second kappa shape index (κ2) is 7.29. The van der Waals surface area contributed by atoms with Gasteiger partial charge in [-0.15, -0.1) is 0 Å². The van der Waals surface area contributed by atoms with Crippen LogP contribution >= 0.6 is 0 Å². The van der Waals surface area contributed by atoms with Crippen molar-refractivity contribution in [1.82, 2.24) is 19.7 Å². The van der Waals surface area contributed by atoms with Crippen LogP contribution in [0, 0.1) is 13.8 Å². The number of amides is 1. The average molecular weight is 453 g/mol. The lowest BCUT2D eigenvalue weighted by Crippen LogP contribution is -2.41. The molecule has 168 valence electrons. The molecule has 0 aliphatic carbocycles. The number of hydrogen-bond acceptors (Lipinski definition) is 5. The number of nitrogens with zero attached hydrogens (tertiary/aromatic N) is 5. The SMILES string of the molecule is Cc1cc(-c2nc(O)c3cc(C(F)(F)F)ccc3n2)ccc1N1CCn2ncc(C)c2C1=O. The van der Waals surface area contributed by atoms with Crippen LogP contribution in [0.15, 0.2) is 42.6 Å². The first-order valence-corrected chi connectivity index (χ1v) is 10.2. The van der Waals surface area contributed by atoms with Gasteiger partial charge in [-0.25, -0.2) is 4.98 Å². The van der Waals surface area contributed by atoms with Crippen LogP contribution in [-0.2, 0) is 12.7 Å². The van der Waals surface area contributed by atoms with E-state index in [1.165, 1.54) is 6.07 Å². The summed E-state index contributed by atoms with van der Waals surface area (Å²) >= 11 is 0. The Morgan fingerprint density at radius 2 is 1.79 bits per heavy atom. The smallest absolute Gasteiger partial charge is 0.416 e. The van der Waals surface area contributed by atoms with Gasteiger partial charge in [0, 0.05) is 23.4 Å². The summed E-state index contributed by atoms with van der Waals surface area (Å²) < 4.78 is 40.7. The van der Waals surface area contributed by atoms with E-state index in [-0.39, 0.29) is 22.6 Å². The number of alkyl halides is 3. The molecular weight excluding hydrogens is 435 g/mol. The number of carbonyl (C=O) groups excluding carboxylic acids is 1. The molecule has 2 aromatic heterocycles. The average Bonchev–Trinajstić information content (AvgIpc) is 3.15. The Hall–Kier alpha value is -3.95. The third kappa shape index (κ3) is 3.47. The molecule has 4 aromatic rings. The number of aryl methyl sites for hydroxylation is 2. The van der Waals surface area contributed by atoms with Gasteiger partial charge in [0.15, 0.2) is 5.82 Å². The van der Waals surface area contributed by atoms with Crippen molar-refractivity contribution in [3.8, 4) is 17.3 Å². The van der Waals surface area contributed by atoms with Gasteiger partial charge < -0.3 is 10.0 Å². The number of rotatable bonds is 2. The largest absolute Gasteiger partial charge is 0.493 e. The summed E-state index contributed by atoms with van der Waals surface area (Å²) in [6.45, 7) is 4.75. The minimum atomic E-state index is -4.53. The summed E-state index contributed by atoms with van der Waals surface area (Å²) in [7, 11) is 0. The van der Waals surface area contributed by atoms with E-state index < -0.39 is 17.6 Å². The third-order valence-electron chi connectivity index (χ3n) is 5.75. The van der Waals surface area contributed by atoms with E-state index in [0.717, 1.165) is 28.9 Å². The van der Waals surface area contributed by atoms with Crippen LogP contribution in [0.2, 0.25) is 0 Å². The third-order valence-corrected chi connectivity index (χ3v) is 5.75. The molecule has 1 amide bonds. The molecule has 0 unspecified atom stereocenters. The predicted octanol–water partition coefficient (Wildman–Crippen LogP) is 4.49. The Morgan fingerprint density at radius 1 is 1.00 bits per heavy atom. The molecule has 0 bridgehead atoms. The lowest BCUT2D eigenvalue weighted by molar-refractivity contribution is -0.137. The second-order valence-electron chi connectivity index (χ2n) is 7.96. The quantitative estimate of drug-likeness (QED) is 0.483. The number of fused-ring (bicyclic) bond motifs is 2. The highest BCUT2D eigenvalue weighted by Gasteiger charge is 2.31. The topological polar surface area (TPSA) is 84.1 Å². The number of hydrogen-bond donors (Lipinski definition) is 1. The van der Waals surface area contributed by atoms with Crippen LogP contribution in [0.1, 0.15) is 27.2 Å². The lowest BCUT2D eigenvalue weighted by atomic mass is 10.1. The van der Waals surface area contributed by atoms with Crippen molar-refractivity contribution >= 4 is 22.5 Å². The van der Waals surface area contributed by atoms with E-state index in [1.807, 2.05) is 13.8 Å². The molecule has 0 atom stereocenters. The van der Waals surface area contributed by atoms with E-state index in [4.69, 9.17) is 0 Å². The van der Waals surface area contributed by atoms with Crippen LogP contribution in [0.25, 0.3) is 22.3 Å². The lowest BCUT2D eigenvalue weighted by Gasteiger charge is -2.29. The minimum absolute atomic E-state index is 0.0761. The Kier molecular flexibility index (Phi) is 4.62. The Morgan fingerprint density at radius 3 is 2.52 bits per heavy atom. The molecule has 0 saturated carbocycles. The number of aromatic nitrogens is 4. The van der Waals surface area contributed by atoms with Crippen LogP contribution in [0.3, 0.4) is 0 Å². The number of halogens is 3. The number of aromatic hydroxyl groups is 1. The van der Waals surface area contributed by atoms with E-state index >= 15 is 0 Å². The molecule has 10 heteroatoms. The molecule has 0 fully saturated rings. The molecule has 7 nitrogen and oxygen atoms in total. The van der Waals surface area contributed by atoms with Crippen LogP contribution in [0.5, 0.6) is 5.88 Å². The molecule has 2 aromatic carbocycles. The normalized spacial score (nSPS) is 14.1. The number of benzene rings is 2. The van der Waals surface area contributed by atoms with Gasteiger partial charge in [-0.2, -0.15) is 23.3 Å². The fourth-order valence-electron chi connectivity index (χ4n) is 4.10. The Labute approximate surface area is 186 Å². The van der Waals surface area contributed by atoms with Crippen molar-refractivity contribution in [2.45, 2.75) is 26.6 Å². The number of carbonyl (C=O) groups is 1. The maximum atomic E-state index is 13.0. The number of anilines is 1. The first-order chi connectivity index (χ1) is 15.6. The summed E-state index contributed by atoms with van der Waals surface area (Å²) in [6.07, 6.45) is -2.86. The van der Waals surface area contributed by atoms with E-state index in [2.05, 4.69) is 15.1 Å². The van der Waals surface area contributed by atoms with E-state index in [9.17, 15) is 23.1 Å². The zero-order valence-electron chi connectivity index (χ0n) is 17.7. The zero-order valence-corrected chi connectivity index (χ0v) is 17.7. The standard InChI is InChI=1S/C23H18F3N5O2/c1-12-9-14(3-6-18(12)30-7-8-31-19(22(30)33)13(2)11-27-31)20-28-17-5-4-15(23(24,25)26)10-16(17)21(32)29-20/h3-6,9-11H,7-8H2,1-2H3,(H,28,29,32). The first kappa shape index (κ1) is 20.9. The Bertz CT molecular complexity index is 1430. The van der Waals surface area contributed by atoms with Gasteiger partial charge in [0.1, 0.15) is 5.69 Å². The molecule has 33 heavy (non-hydrogen) atoms. The summed E-state index contributed by atoms with van der Waals surface area (Å²) in [6, 6.07) is 8.24. The van der Waals surface area contributed by atoms with E-state index in [1.54, 1.807) is 34.0 Å². The summed E-state index contributed by atoms with van der Waals surface area (Å²) in [4.78, 5) is 23.1. The van der Waals surface area contributed by atoms with Crippen LogP contribution < -0.4 is 4.90 Å². The van der Waals surface area contributed by atoms with Gasteiger partial charge >= 0.3 is 6.18 Å². The van der Waals surface area contributed by atoms with Gasteiger partial charge in [-0.1, -0.05) is 0 Å². The van der Waals surface area contributed by atoms with E-state index in [0.29, 0.717) is 24.3 Å². The van der Waals surface area contributed by atoms with Gasteiger partial charge in [0.05, 0.1) is 29.2 Å². The van der Waals surface area contributed by atoms with Gasteiger partial charge in [0.2, 0.25) is 5.88 Å². The molecule has 1 aliphatic heterocycles. The van der Waals surface area contributed by atoms with Gasteiger partial charge in [0.25, 0.3) is 5.91 Å². The summed E-state index contributed by atoms with van der Waals surface area (Å²) in [5.41, 5.74) is 2.78. The minimum Gasteiger partial charge on any atom is -0.493 e. The van der Waals surface area contributed by atoms with Crippen molar-refractivity contribution in [2.75, 3.05) is 11.4 Å². The second-order valence-corrected chi connectivity index (χ2v) is 7.96. The van der Waals surface area contributed by atoms with Crippen LogP contribution in [0.4, 0.5) is 18.9 Å². The summed E-state index contributed by atoms with van der Waals surface area (Å²) in [5, 5.41) is 14.4. The highest BCUT2D eigenvalue weighted by atomic mass is 19.4. The molecule has 0 radical (unpaired) electrons. The molecule has 1 aliphatic rings. The van der Waals surface area contributed by atoms with Crippen molar-refractivity contribution in [2.24, 2.45) is 0 Å². The molecule has 1 N–H and O–H groups in total. The fourth-order valence-corrected chi connectivity index (χ4v) is 4.10. The van der Waals surface area contributed by atoms with Crippen molar-refractivity contribution in [1.29, 1.82) is 0 Å². The molecule has 3 heterocycles. The first-order valence-electron chi connectivity index (χ1n) is 10.2. The molecule has 5 rings (SSSR count). The molecular formula is C23H18F3N5O2. The van der Waals surface area contributed by atoms with Crippen LogP contribution in [-0.4, -0.2) is 37.3 Å². The Balaban J connectivity index is 1.51. The highest BCUT2D eigenvalue weighted by Crippen LogP contribution is 2.35. The fraction of sp³-hybridized carbons (Fsp3) is 0.217. The maximum Gasteiger partial charge on any atom is 0.416 e. The summed E-state index contributed by atoms with van der Waals surface area (Å²) in [5.74, 6) is -0.488. The monoisotopic (exact) mass is 453 g/mol. The maximum absolute atomic E-state index is 13.0. The molecule has 0 spiro atoms. The highest BCUT2D eigenvalue weighted by molar-refractivity contribution is 6.07. The van der Waals surface area contributed by atoms with Gasteiger partial charge in [-0.3, -0.25) is 9.48 Å². The van der Waals surface area contributed by atoms with Crippen molar-refractivity contribution in [3.05, 3.63) is 65.0 Å². The van der Waals surface area contributed by atoms with Crippen molar-refractivity contribution in [3.63, 3.8) is 0 Å². The van der Waals surface area contributed by atoms with Gasteiger partial charge in [-0.05, 0) is 55.8 Å². The zero-order chi connectivity index (χ0) is 23.5. The predicted molar refractivity (Wildman–Crippen MR) is 115 cm³/mol.